The molecule has 0 saturated heterocycles. The van der Waals surface area contributed by atoms with Crippen LogP contribution in [0.4, 0.5) is 0 Å². The summed E-state index contributed by atoms with van der Waals surface area (Å²) in [6.07, 6.45) is 0.980. The summed E-state index contributed by atoms with van der Waals surface area (Å²) < 4.78 is 5.41. The highest BCUT2D eigenvalue weighted by atomic mass is 35.5. The van der Waals surface area contributed by atoms with Crippen molar-refractivity contribution >= 4 is 23.2 Å². The second kappa shape index (κ2) is 10.3. The summed E-state index contributed by atoms with van der Waals surface area (Å²) in [5, 5.41) is 4.29. The summed E-state index contributed by atoms with van der Waals surface area (Å²) in [6, 6.07) is 35.9. The maximum absolute atomic E-state index is 5.41. The molecule has 4 rings (SSSR count). The summed E-state index contributed by atoms with van der Waals surface area (Å²) >= 11 is 0. The molecule has 0 aromatic heterocycles. The number of ether oxygens (including phenoxy) is 1. The minimum absolute atomic E-state index is 0. The first-order valence-corrected chi connectivity index (χ1v) is 12.7. The Morgan fingerprint density at radius 1 is 0.594 bits per heavy atom. The monoisotopic (exact) mass is 460 g/mol. The number of benzene rings is 4. The van der Waals surface area contributed by atoms with E-state index in [0.29, 0.717) is 0 Å². The first kappa shape index (κ1) is 24.1. The van der Waals surface area contributed by atoms with Gasteiger partial charge in [-0.1, -0.05) is 48.5 Å². The molecule has 0 unspecified atom stereocenters. The molecule has 0 bridgehead atoms. The minimum Gasteiger partial charge on any atom is -1.00 e. The molecule has 0 radical (unpaired) electrons. The van der Waals surface area contributed by atoms with Crippen LogP contribution >= 0.6 is 7.26 Å². The topological polar surface area (TPSA) is 9.23 Å². The van der Waals surface area contributed by atoms with Crippen molar-refractivity contribution in [1.82, 2.24) is 0 Å². The number of aryl methyl sites for hydroxylation is 3. The van der Waals surface area contributed by atoms with Crippen LogP contribution < -0.4 is 33.1 Å². The van der Waals surface area contributed by atoms with Gasteiger partial charge in [0.2, 0.25) is 0 Å². The Kier molecular flexibility index (Phi) is 7.77. The number of hydrogen-bond donors (Lipinski definition) is 0. The zero-order chi connectivity index (χ0) is 21.8. The van der Waals surface area contributed by atoms with Gasteiger partial charge in [0, 0.05) is 0 Å². The van der Waals surface area contributed by atoms with Crippen molar-refractivity contribution in [2.75, 3.05) is 7.11 Å². The average Bonchev–Trinajstić information content (AvgIpc) is 2.78. The number of hydrogen-bond acceptors (Lipinski definition) is 1. The van der Waals surface area contributed by atoms with Crippen LogP contribution in [0.3, 0.4) is 0 Å². The van der Waals surface area contributed by atoms with Crippen LogP contribution in [0.15, 0.2) is 97.1 Å². The Hall–Kier alpha value is -2.60. The molecule has 164 valence electrons. The lowest BCUT2D eigenvalue weighted by Gasteiger charge is -2.28. The molecule has 0 aliphatic rings. The standard InChI is InChI=1S/C29H30OP.ClH/c1-22-8-5-11-27(18-22)31(28-12-6-9-23(2)19-28,29-13-7-10-24(3)20-29)21-25-14-16-26(30-4)17-15-25;/h5-20H,21H2,1-4H3;1H/q+1;/p-1. The van der Waals surface area contributed by atoms with Gasteiger partial charge < -0.3 is 17.1 Å². The van der Waals surface area contributed by atoms with Crippen LogP contribution in [0.5, 0.6) is 5.75 Å². The van der Waals surface area contributed by atoms with Gasteiger partial charge >= 0.3 is 0 Å². The van der Waals surface area contributed by atoms with E-state index in [9.17, 15) is 0 Å². The van der Waals surface area contributed by atoms with Gasteiger partial charge in [-0.05, 0) is 91.6 Å². The molecule has 0 saturated carbocycles. The van der Waals surface area contributed by atoms with Gasteiger partial charge in [0.25, 0.3) is 0 Å². The van der Waals surface area contributed by atoms with E-state index in [1.165, 1.54) is 38.2 Å². The molecule has 32 heavy (non-hydrogen) atoms. The van der Waals surface area contributed by atoms with E-state index in [1.807, 2.05) is 0 Å². The van der Waals surface area contributed by atoms with Crippen LogP contribution in [-0.4, -0.2) is 7.11 Å². The van der Waals surface area contributed by atoms with Crippen LogP contribution in [0.1, 0.15) is 22.3 Å². The summed E-state index contributed by atoms with van der Waals surface area (Å²) in [6.45, 7) is 6.58. The molecule has 1 nitrogen and oxygen atoms in total. The normalized spacial score (nSPS) is 11.0. The summed E-state index contributed by atoms with van der Waals surface area (Å²) in [5.74, 6) is 0.898. The predicted molar refractivity (Wildman–Crippen MR) is 136 cm³/mol. The molecule has 0 aliphatic carbocycles. The summed E-state index contributed by atoms with van der Waals surface area (Å²) in [4.78, 5) is 0. The maximum atomic E-state index is 5.41. The van der Waals surface area contributed by atoms with Gasteiger partial charge in [0.15, 0.2) is 0 Å². The van der Waals surface area contributed by atoms with E-state index in [0.717, 1.165) is 11.9 Å². The Bertz CT molecular complexity index is 1070. The van der Waals surface area contributed by atoms with Crippen LogP contribution in [0.2, 0.25) is 0 Å². The van der Waals surface area contributed by atoms with E-state index in [1.54, 1.807) is 7.11 Å². The number of methoxy groups -OCH3 is 1. The van der Waals surface area contributed by atoms with Crippen LogP contribution in [-0.2, 0) is 6.16 Å². The third-order valence-electron chi connectivity index (χ3n) is 5.91. The van der Waals surface area contributed by atoms with Crippen molar-refractivity contribution in [2.45, 2.75) is 26.9 Å². The second-order valence-corrected chi connectivity index (χ2v) is 11.8. The lowest BCUT2D eigenvalue weighted by molar-refractivity contribution is -0.00000667. The van der Waals surface area contributed by atoms with E-state index in [4.69, 9.17) is 4.74 Å². The zero-order valence-electron chi connectivity index (χ0n) is 19.2. The van der Waals surface area contributed by atoms with Gasteiger partial charge in [-0.15, -0.1) is 0 Å². The summed E-state index contributed by atoms with van der Waals surface area (Å²) in [7, 11) is -0.200. The van der Waals surface area contributed by atoms with Crippen LogP contribution in [0.25, 0.3) is 0 Å². The molecule has 0 fully saturated rings. The fourth-order valence-corrected chi connectivity index (χ4v) is 8.82. The SMILES string of the molecule is COc1ccc(C[P+](c2cccc(C)c2)(c2cccc(C)c2)c2cccc(C)c2)cc1.[Cl-]. The highest BCUT2D eigenvalue weighted by Crippen LogP contribution is 2.58. The first-order valence-electron chi connectivity index (χ1n) is 10.7. The fraction of sp³-hybridized carbons (Fsp3) is 0.172. The quantitative estimate of drug-likeness (QED) is 0.402. The Morgan fingerprint density at radius 2 is 1.00 bits per heavy atom. The largest absolute Gasteiger partial charge is 1.00 e. The molecule has 4 aromatic carbocycles. The molecule has 4 aromatic rings. The van der Waals surface area contributed by atoms with Crippen molar-refractivity contribution in [2.24, 2.45) is 0 Å². The smallest absolute Gasteiger partial charge is 0.118 e. The Labute approximate surface area is 199 Å². The summed E-state index contributed by atoms with van der Waals surface area (Å²) in [5.41, 5.74) is 5.24. The Morgan fingerprint density at radius 3 is 1.34 bits per heavy atom. The molecular formula is C29H30ClOP. The van der Waals surface area contributed by atoms with E-state index >= 15 is 0 Å². The van der Waals surface area contributed by atoms with E-state index in [-0.39, 0.29) is 12.4 Å². The third kappa shape index (κ3) is 4.90. The maximum Gasteiger partial charge on any atom is 0.118 e. The van der Waals surface area contributed by atoms with E-state index in [2.05, 4.69) is 118 Å². The van der Waals surface area contributed by atoms with Crippen molar-refractivity contribution in [1.29, 1.82) is 0 Å². The highest BCUT2D eigenvalue weighted by molar-refractivity contribution is 7.95. The van der Waals surface area contributed by atoms with Crippen LogP contribution in [0, 0.1) is 20.8 Å². The number of rotatable bonds is 6. The number of halogens is 1. The molecule has 3 heteroatoms. The van der Waals surface area contributed by atoms with Gasteiger partial charge in [-0.2, -0.15) is 0 Å². The van der Waals surface area contributed by atoms with Crippen molar-refractivity contribution in [3.63, 3.8) is 0 Å². The zero-order valence-corrected chi connectivity index (χ0v) is 20.8. The van der Waals surface area contributed by atoms with Gasteiger partial charge in [-0.25, -0.2) is 0 Å². The van der Waals surface area contributed by atoms with Crippen molar-refractivity contribution in [3.8, 4) is 5.75 Å². The third-order valence-corrected chi connectivity index (χ3v) is 10.2. The fourth-order valence-electron chi connectivity index (χ4n) is 4.32. The molecule has 0 heterocycles. The first-order chi connectivity index (χ1) is 15.0. The minimum atomic E-state index is -1.92. The molecule has 0 spiro atoms. The molecule has 0 aliphatic heterocycles. The predicted octanol–water partition coefficient (Wildman–Crippen LogP) is 3.12. The lowest BCUT2D eigenvalue weighted by atomic mass is 10.2. The van der Waals surface area contributed by atoms with Gasteiger partial charge in [0.1, 0.15) is 28.9 Å². The van der Waals surface area contributed by atoms with Crippen molar-refractivity contribution in [3.05, 3.63) is 119 Å². The molecule has 0 atom stereocenters. The molecule has 0 amide bonds. The molecular weight excluding hydrogens is 431 g/mol. The molecule has 0 N–H and O–H groups in total. The second-order valence-electron chi connectivity index (χ2n) is 8.33. The van der Waals surface area contributed by atoms with Crippen molar-refractivity contribution < 1.29 is 17.1 Å². The highest BCUT2D eigenvalue weighted by Gasteiger charge is 2.45. The average molecular weight is 461 g/mol. The van der Waals surface area contributed by atoms with Gasteiger partial charge in [-0.3, -0.25) is 0 Å². The van der Waals surface area contributed by atoms with E-state index < -0.39 is 7.26 Å². The lowest BCUT2D eigenvalue weighted by Crippen LogP contribution is -3.00. The Balaban J connectivity index is 0.00000289. The van der Waals surface area contributed by atoms with Gasteiger partial charge in [0.05, 0.1) is 13.3 Å².